The summed E-state index contributed by atoms with van der Waals surface area (Å²) in [6.07, 6.45) is 0. The van der Waals surface area contributed by atoms with Crippen LogP contribution in [0.1, 0.15) is 47.1 Å². The molecule has 21 heavy (non-hydrogen) atoms. The number of halogens is 1. The van der Waals surface area contributed by atoms with Crippen LogP contribution in [0.3, 0.4) is 0 Å². The second kappa shape index (κ2) is 5.95. The van der Waals surface area contributed by atoms with Crippen LogP contribution in [-0.2, 0) is 0 Å². The van der Waals surface area contributed by atoms with E-state index in [0.29, 0.717) is 0 Å². The van der Waals surface area contributed by atoms with Crippen molar-refractivity contribution in [2.45, 2.75) is 47.1 Å². The third kappa shape index (κ3) is 4.25. The molecule has 0 spiro atoms. The smallest absolute Gasteiger partial charge is 0.166 e. The number of nitrogens with zero attached hydrogens (tertiary/aromatic N) is 1. The van der Waals surface area contributed by atoms with E-state index in [1.807, 2.05) is 0 Å². The number of anilines is 1. The summed E-state index contributed by atoms with van der Waals surface area (Å²) in [6.45, 7) is 13.2. The molecule has 1 heterocycles. The lowest BCUT2D eigenvalue weighted by Crippen LogP contribution is -2.21. The molecule has 0 aliphatic carbocycles. The highest BCUT2D eigenvalue weighted by atomic mass is 127. The standard InChI is InChI=1S/C17H23IN2S/c1-16(2,3)14(18)13-11-9-7-8-10-12(11)19-15(21-13)20-17(4,5)6/h7-10H,1-6H3,(H,19,20)/b14-13+. The zero-order valence-corrected chi connectivity index (χ0v) is 16.5. The van der Waals surface area contributed by atoms with Gasteiger partial charge in [0.2, 0.25) is 0 Å². The molecule has 4 heteroatoms. The lowest BCUT2D eigenvalue weighted by molar-refractivity contribution is 0.541. The maximum absolute atomic E-state index is 4.81. The van der Waals surface area contributed by atoms with Crippen molar-refractivity contribution < 1.29 is 0 Å². The molecule has 1 N–H and O–H groups in total. The summed E-state index contributed by atoms with van der Waals surface area (Å²) < 4.78 is 1.38. The molecule has 1 aromatic carbocycles. The van der Waals surface area contributed by atoms with Gasteiger partial charge < -0.3 is 5.32 Å². The number of amidine groups is 1. The van der Waals surface area contributed by atoms with Crippen LogP contribution in [0.25, 0.3) is 4.91 Å². The lowest BCUT2D eigenvalue weighted by Gasteiger charge is -2.28. The van der Waals surface area contributed by atoms with Gasteiger partial charge in [-0.05, 0) is 54.8 Å². The molecule has 1 aliphatic rings. The van der Waals surface area contributed by atoms with E-state index in [9.17, 15) is 0 Å². The van der Waals surface area contributed by atoms with E-state index in [0.717, 1.165) is 10.9 Å². The zero-order valence-electron chi connectivity index (χ0n) is 13.5. The molecule has 0 atom stereocenters. The first-order valence-corrected chi connectivity index (χ1v) is 9.02. The Morgan fingerprint density at radius 1 is 1.10 bits per heavy atom. The van der Waals surface area contributed by atoms with Crippen LogP contribution >= 0.6 is 34.4 Å². The number of thioether (sulfide) groups is 1. The fourth-order valence-electron chi connectivity index (χ4n) is 1.94. The van der Waals surface area contributed by atoms with Crippen LogP contribution in [0, 0.1) is 5.41 Å². The quantitative estimate of drug-likeness (QED) is 0.515. The van der Waals surface area contributed by atoms with E-state index in [1.165, 1.54) is 14.0 Å². The summed E-state index contributed by atoms with van der Waals surface area (Å²) in [5.74, 6) is 0. The summed E-state index contributed by atoms with van der Waals surface area (Å²) in [5.41, 5.74) is 2.47. The van der Waals surface area contributed by atoms with Crippen LogP contribution in [-0.4, -0.2) is 10.7 Å². The number of fused-ring (bicyclic) bond motifs is 1. The number of para-hydroxylation sites is 1. The van der Waals surface area contributed by atoms with E-state index < -0.39 is 0 Å². The summed E-state index contributed by atoms with van der Waals surface area (Å²) >= 11 is 4.23. The minimum absolute atomic E-state index is 0.0834. The summed E-state index contributed by atoms with van der Waals surface area (Å²) in [6, 6.07) is 8.47. The number of benzene rings is 1. The minimum Gasteiger partial charge on any atom is -0.334 e. The van der Waals surface area contributed by atoms with Gasteiger partial charge in [-0.25, -0.2) is 0 Å². The molecule has 2 rings (SSSR count). The van der Waals surface area contributed by atoms with E-state index >= 15 is 0 Å². The van der Waals surface area contributed by atoms with Crippen molar-refractivity contribution in [3.63, 3.8) is 0 Å². The van der Waals surface area contributed by atoms with Gasteiger partial charge in [0, 0.05) is 19.7 Å². The third-order valence-electron chi connectivity index (χ3n) is 2.91. The van der Waals surface area contributed by atoms with Crippen LogP contribution in [0.2, 0.25) is 0 Å². The second-order valence-corrected chi connectivity index (χ2v) is 9.33. The monoisotopic (exact) mass is 414 g/mol. The van der Waals surface area contributed by atoms with Crippen LogP contribution in [0.4, 0.5) is 5.69 Å². The van der Waals surface area contributed by atoms with Gasteiger partial charge in [-0.15, -0.1) is 0 Å². The largest absolute Gasteiger partial charge is 0.334 e. The zero-order chi connectivity index (χ0) is 15.8. The molecule has 0 bridgehead atoms. The van der Waals surface area contributed by atoms with Crippen molar-refractivity contribution in [2.24, 2.45) is 10.4 Å². The van der Waals surface area contributed by atoms with Gasteiger partial charge in [0.15, 0.2) is 5.17 Å². The number of rotatable bonds is 0. The molecule has 0 amide bonds. The predicted molar refractivity (Wildman–Crippen MR) is 105 cm³/mol. The van der Waals surface area contributed by atoms with Crippen LogP contribution in [0.15, 0.2) is 32.8 Å². The van der Waals surface area contributed by atoms with E-state index in [4.69, 9.17) is 4.99 Å². The molecule has 2 nitrogen and oxygen atoms in total. The van der Waals surface area contributed by atoms with Crippen molar-refractivity contribution in [2.75, 3.05) is 5.32 Å². The SMILES string of the molecule is CC(C)(C)N=C1Nc2ccccc2/C(=C(\I)C(C)(C)C)S1. The topological polar surface area (TPSA) is 24.4 Å². The van der Waals surface area contributed by atoms with Crippen molar-refractivity contribution >= 4 is 50.1 Å². The highest BCUT2D eigenvalue weighted by molar-refractivity contribution is 14.1. The maximum Gasteiger partial charge on any atom is 0.166 e. The van der Waals surface area contributed by atoms with Gasteiger partial charge in [0.1, 0.15) is 0 Å². The first-order valence-electron chi connectivity index (χ1n) is 7.12. The first-order chi connectivity index (χ1) is 9.58. The normalized spacial score (nSPS) is 20.0. The molecule has 0 fully saturated rings. The van der Waals surface area contributed by atoms with Gasteiger partial charge in [0.05, 0.1) is 5.54 Å². The maximum atomic E-state index is 4.81. The number of nitrogens with one attached hydrogen (secondary N) is 1. The first kappa shape index (κ1) is 16.9. The fraction of sp³-hybridized carbons (Fsp3) is 0.471. The molecule has 0 radical (unpaired) electrons. The lowest BCUT2D eigenvalue weighted by atomic mass is 9.94. The Balaban J connectivity index is 2.58. The highest BCUT2D eigenvalue weighted by Gasteiger charge is 2.27. The van der Waals surface area contributed by atoms with Crippen molar-refractivity contribution in [1.82, 2.24) is 0 Å². The Morgan fingerprint density at radius 2 is 1.71 bits per heavy atom. The Morgan fingerprint density at radius 3 is 2.29 bits per heavy atom. The Hall–Kier alpha value is -0.490. The fourth-order valence-corrected chi connectivity index (χ4v) is 3.92. The molecular weight excluding hydrogens is 391 g/mol. The van der Waals surface area contributed by atoms with Crippen molar-refractivity contribution in [3.8, 4) is 0 Å². The molecular formula is C17H23IN2S. The molecule has 1 aliphatic heterocycles. The highest BCUT2D eigenvalue weighted by Crippen LogP contribution is 2.47. The molecule has 114 valence electrons. The van der Waals surface area contributed by atoms with Crippen molar-refractivity contribution in [1.29, 1.82) is 0 Å². The molecule has 0 unspecified atom stereocenters. The average Bonchev–Trinajstić information content (AvgIpc) is 2.33. The van der Waals surface area contributed by atoms with E-state index in [2.05, 4.69) is 93.7 Å². The number of aliphatic imine (C=N–C) groups is 1. The van der Waals surface area contributed by atoms with Gasteiger partial charge in [-0.2, -0.15) is 0 Å². The minimum atomic E-state index is -0.0834. The van der Waals surface area contributed by atoms with Gasteiger partial charge >= 0.3 is 0 Å². The summed E-state index contributed by atoms with van der Waals surface area (Å²) in [5, 5.41) is 4.45. The predicted octanol–water partition coefficient (Wildman–Crippen LogP) is 6.15. The Labute approximate surface area is 146 Å². The molecule has 1 aromatic rings. The molecule has 0 aromatic heterocycles. The van der Waals surface area contributed by atoms with Gasteiger partial charge in [0.25, 0.3) is 0 Å². The second-order valence-electron chi connectivity index (χ2n) is 7.25. The third-order valence-corrected chi connectivity index (χ3v) is 6.45. The van der Waals surface area contributed by atoms with Crippen LogP contribution < -0.4 is 5.32 Å². The van der Waals surface area contributed by atoms with Gasteiger partial charge in [-0.1, -0.05) is 50.7 Å². The summed E-state index contributed by atoms with van der Waals surface area (Å²) in [4.78, 5) is 6.13. The van der Waals surface area contributed by atoms with E-state index in [-0.39, 0.29) is 11.0 Å². The summed E-state index contributed by atoms with van der Waals surface area (Å²) in [7, 11) is 0. The van der Waals surface area contributed by atoms with Crippen molar-refractivity contribution in [3.05, 3.63) is 33.4 Å². The van der Waals surface area contributed by atoms with E-state index in [1.54, 1.807) is 11.8 Å². The van der Waals surface area contributed by atoms with Crippen LogP contribution in [0.5, 0.6) is 0 Å². The number of hydrogen-bond donors (Lipinski definition) is 1. The Kier molecular flexibility index (Phi) is 4.78. The molecule has 0 saturated heterocycles. The van der Waals surface area contributed by atoms with Gasteiger partial charge in [-0.3, -0.25) is 4.99 Å². The molecule has 0 saturated carbocycles. The number of hydrogen-bond acceptors (Lipinski definition) is 2. The average molecular weight is 414 g/mol. The number of allylic oxidation sites excluding steroid dienone is 1. The Bertz CT molecular complexity index is 604.